The van der Waals surface area contributed by atoms with Crippen molar-refractivity contribution >= 4 is 6.08 Å². The Labute approximate surface area is 163 Å². The number of epoxide rings is 1. The van der Waals surface area contributed by atoms with Crippen molar-refractivity contribution in [1.29, 1.82) is 5.26 Å². The molecule has 2 saturated carbocycles. The normalized spacial score (nSPS) is 28.1. The molecule has 1 aromatic rings. The van der Waals surface area contributed by atoms with Crippen molar-refractivity contribution in [3.63, 3.8) is 0 Å². The molecule has 2 spiro atoms. The average Bonchev–Trinajstić information content (AvgIpc) is 3.57. The third kappa shape index (κ3) is 3.94. The number of hydrogen-bond acceptors (Lipinski definition) is 2. The van der Waals surface area contributed by atoms with Gasteiger partial charge in [-0.2, -0.15) is 5.26 Å². The number of nitriles is 1. The minimum Gasteiger partial charge on any atom is -0.370 e. The van der Waals surface area contributed by atoms with Gasteiger partial charge in [-0.1, -0.05) is 42.5 Å². The van der Waals surface area contributed by atoms with Crippen molar-refractivity contribution < 1.29 is 4.74 Å². The first-order valence-corrected chi connectivity index (χ1v) is 10.2. The molecule has 2 aliphatic carbocycles. The molecule has 0 amide bonds. The Morgan fingerprint density at radius 1 is 1.30 bits per heavy atom. The fraction of sp³-hybridized carbons (Fsp3) is 0.480. The molecule has 1 saturated heterocycles. The highest BCUT2D eigenvalue weighted by Crippen LogP contribution is 2.65. The topological polar surface area (TPSA) is 36.3 Å². The van der Waals surface area contributed by atoms with Crippen molar-refractivity contribution in [2.75, 3.05) is 6.61 Å². The van der Waals surface area contributed by atoms with Crippen LogP contribution in [0.5, 0.6) is 0 Å². The van der Waals surface area contributed by atoms with Gasteiger partial charge in [-0.05, 0) is 86.5 Å². The zero-order chi connectivity index (χ0) is 18.9. The lowest BCUT2D eigenvalue weighted by atomic mass is 9.69. The van der Waals surface area contributed by atoms with Gasteiger partial charge in [0, 0.05) is 0 Å². The van der Waals surface area contributed by atoms with Crippen LogP contribution in [0.25, 0.3) is 6.08 Å². The van der Waals surface area contributed by atoms with Crippen LogP contribution >= 0.6 is 0 Å². The summed E-state index contributed by atoms with van der Waals surface area (Å²) in [5.41, 5.74) is 5.21. The molecule has 1 aliphatic heterocycles. The van der Waals surface area contributed by atoms with Crippen LogP contribution in [-0.2, 0) is 11.2 Å². The Morgan fingerprint density at radius 2 is 2.07 bits per heavy atom. The highest BCUT2D eigenvalue weighted by Gasteiger charge is 2.59. The molecule has 2 atom stereocenters. The number of rotatable bonds is 6. The molecule has 3 fully saturated rings. The van der Waals surface area contributed by atoms with Gasteiger partial charge in [-0.25, -0.2) is 0 Å². The Hall–Kier alpha value is -2.11. The van der Waals surface area contributed by atoms with Crippen molar-refractivity contribution in [1.82, 2.24) is 0 Å². The van der Waals surface area contributed by atoms with Gasteiger partial charge < -0.3 is 4.74 Å². The first-order valence-electron chi connectivity index (χ1n) is 10.2. The predicted molar refractivity (Wildman–Crippen MR) is 110 cm³/mol. The van der Waals surface area contributed by atoms with E-state index in [1.165, 1.54) is 48.8 Å². The Balaban J connectivity index is 1.48. The molecule has 0 bridgehead atoms. The monoisotopic (exact) mass is 359 g/mol. The third-order valence-corrected chi connectivity index (χ3v) is 6.83. The summed E-state index contributed by atoms with van der Waals surface area (Å²) in [4.78, 5) is 0. The van der Waals surface area contributed by atoms with Crippen LogP contribution in [-0.4, -0.2) is 12.2 Å². The van der Waals surface area contributed by atoms with Crippen LogP contribution in [0.15, 0.2) is 48.6 Å². The molecule has 0 aromatic heterocycles. The van der Waals surface area contributed by atoms with Crippen LogP contribution in [0.2, 0.25) is 0 Å². The van der Waals surface area contributed by atoms with E-state index >= 15 is 0 Å². The molecule has 140 valence electrons. The molecule has 0 unspecified atom stereocenters. The average molecular weight is 360 g/mol. The second-order valence-electron chi connectivity index (χ2n) is 8.78. The highest BCUT2D eigenvalue weighted by atomic mass is 16.6. The molecule has 2 nitrogen and oxygen atoms in total. The number of allylic oxidation sites excluding steroid dienone is 4. The van der Waals surface area contributed by atoms with Gasteiger partial charge in [-0.15, -0.1) is 0 Å². The third-order valence-electron chi connectivity index (χ3n) is 6.83. The number of nitrogens with zero attached hydrogens (tertiary/aromatic N) is 1. The standard InChI is InChI=1S/C25H29NO/c1-3-4-5-6-21-8-7-20(17-26)15-22(21)13-19(2)14-23-16-25(18-27-25)12-11-24(23)9-10-24/h3-8,15,23H,2,9-14,16,18H2,1H3/b4-3?,6-5+/t23-,25-/m0/s1. The SMILES string of the molecule is C=C(Cc1cc(C#N)ccc1/C=C/C=CC)C[C@H]1C[C@@]2(CCC13CC3)CO2. The Morgan fingerprint density at radius 3 is 2.74 bits per heavy atom. The molecular formula is C25H29NO. The van der Waals surface area contributed by atoms with Crippen LogP contribution in [0.1, 0.15) is 62.1 Å². The van der Waals surface area contributed by atoms with E-state index in [4.69, 9.17) is 4.74 Å². The summed E-state index contributed by atoms with van der Waals surface area (Å²) in [5, 5.41) is 9.29. The van der Waals surface area contributed by atoms with Crippen LogP contribution < -0.4 is 0 Å². The van der Waals surface area contributed by atoms with Gasteiger partial charge in [0.25, 0.3) is 0 Å². The van der Waals surface area contributed by atoms with Gasteiger partial charge in [0.2, 0.25) is 0 Å². The maximum Gasteiger partial charge on any atom is 0.0991 e. The van der Waals surface area contributed by atoms with Crippen molar-refractivity contribution in [2.24, 2.45) is 11.3 Å². The van der Waals surface area contributed by atoms with Crippen LogP contribution in [0.3, 0.4) is 0 Å². The molecule has 27 heavy (non-hydrogen) atoms. The molecular weight excluding hydrogens is 330 g/mol. The van der Waals surface area contributed by atoms with E-state index in [9.17, 15) is 5.26 Å². The molecule has 0 radical (unpaired) electrons. The smallest absolute Gasteiger partial charge is 0.0991 e. The van der Waals surface area contributed by atoms with Gasteiger partial charge in [0.05, 0.1) is 23.8 Å². The Bertz CT molecular complexity index is 830. The number of hydrogen-bond donors (Lipinski definition) is 0. The van der Waals surface area contributed by atoms with Gasteiger partial charge in [0.15, 0.2) is 0 Å². The summed E-state index contributed by atoms with van der Waals surface area (Å²) in [5.74, 6) is 0.724. The summed E-state index contributed by atoms with van der Waals surface area (Å²) < 4.78 is 5.81. The van der Waals surface area contributed by atoms with Gasteiger partial charge in [0.1, 0.15) is 0 Å². The molecule has 1 heterocycles. The minimum atomic E-state index is 0.222. The van der Waals surface area contributed by atoms with E-state index in [1.54, 1.807) is 0 Å². The zero-order valence-corrected chi connectivity index (χ0v) is 16.3. The predicted octanol–water partition coefficient (Wildman–Crippen LogP) is 5.99. The molecule has 3 aliphatic rings. The molecule has 4 rings (SSSR count). The summed E-state index contributed by atoms with van der Waals surface area (Å²) in [6.07, 6.45) is 16.8. The second kappa shape index (κ2) is 7.13. The van der Waals surface area contributed by atoms with E-state index < -0.39 is 0 Å². The maximum atomic E-state index is 9.29. The van der Waals surface area contributed by atoms with Crippen LogP contribution in [0, 0.1) is 22.7 Å². The second-order valence-corrected chi connectivity index (χ2v) is 8.78. The summed E-state index contributed by atoms with van der Waals surface area (Å²) in [7, 11) is 0. The van der Waals surface area contributed by atoms with Gasteiger partial charge >= 0.3 is 0 Å². The lowest BCUT2D eigenvalue weighted by Crippen LogP contribution is -2.31. The van der Waals surface area contributed by atoms with E-state index in [0.29, 0.717) is 5.41 Å². The van der Waals surface area contributed by atoms with E-state index in [0.717, 1.165) is 30.9 Å². The fourth-order valence-corrected chi connectivity index (χ4v) is 4.87. The summed E-state index contributed by atoms with van der Waals surface area (Å²) in [6.45, 7) is 7.42. The van der Waals surface area contributed by atoms with Crippen LogP contribution in [0.4, 0.5) is 0 Å². The van der Waals surface area contributed by atoms with E-state index in [2.05, 4.69) is 30.9 Å². The molecule has 0 N–H and O–H groups in total. The Kier molecular flexibility index (Phi) is 4.82. The van der Waals surface area contributed by atoms with E-state index in [1.807, 2.05) is 31.2 Å². The minimum absolute atomic E-state index is 0.222. The molecule has 2 heteroatoms. The fourth-order valence-electron chi connectivity index (χ4n) is 4.87. The first-order chi connectivity index (χ1) is 13.1. The lowest BCUT2D eigenvalue weighted by molar-refractivity contribution is 0.119. The van der Waals surface area contributed by atoms with Gasteiger partial charge in [-0.3, -0.25) is 0 Å². The summed E-state index contributed by atoms with van der Waals surface area (Å²) in [6, 6.07) is 8.25. The maximum absolute atomic E-state index is 9.29. The largest absolute Gasteiger partial charge is 0.370 e. The first kappa shape index (κ1) is 18.3. The van der Waals surface area contributed by atoms with Crippen molar-refractivity contribution in [3.8, 4) is 6.07 Å². The highest BCUT2D eigenvalue weighted by molar-refractivity contribution is 5.58. The van der Waals surface area contributed by atoms with Crippen molar-refractivity contribution in [3.05, 3.63) is 65.3 Å². The number of ether oxygens (including phenoxy) is 1. The quantitative estimate of drug-likeness (QED) is 0.355. The molecule has 1 aromatic carbocycles. The summed E-state index contributed by atoms with van der Waals surface area (Å²) >= 11 is 0. The van der Waals surface area contributed by atoms with E-state index in [-0.39, 0.29) is 5.60 Å². The zero-order valence-electron chi connectivity index (χ0n) is 16.3. The lowest BCUT2D eigenvalue weighted by Gasteiger charge is -2.36. The van der Waals surface area contributed by atoms with Crippen molar-refractivity contribution in [2.45, 2.75) is 57.5 Å². The number of benzene rings is 1.